The van der Waals surface area contributed by atoms with Gasteiger partial charge in [-0.25, -0.2) is 17.9 Å². The summed E-state index contributed by atoms with van der Waals surface area (Å²) in [4.78, 5) is 8.79. The third-order valence-corrected chi connectivity index (χ3v) is 5.85. The molecule has 30 heavy (non-hydrogen) atoms. The number of fused-ring (bicyclic) bond motifs is 1. The van der Waals surface area contributed by atoms with Crippen molar-refractivity contribution in [2.24, 2.45) is 0 Å². The first-order valence-corrected chi connectivity index (χ1v) is 11.9. The van der Waals surface area contributed by atoms with Crippen molar-refractivity contribution >= 4 is 21.3 Å². The SMILES string of the molecule is CN(C)Cc1cc2cnc(N3CCOC(c4cccc(CS(C)(=O)=O)c4)C3)nn2c1. The van der Waals surface area contributed by atoms with Crippen molar-refractivity contribution in [3.05, 3.63) is 59.4 Å². The molecule has 4 rings (SSSR count). The second-order valence-corrected chi connectivity index (χ2v) is 10.3. The summed E-state index contributed by atoms with van der Waals surface area (Å²) >= 11 is 0. The van der Waals surface area contributed by atoms with Crippen LogP contribution >= 0.6 is 0 Å². The zero-order chi connectivity index (χ0) is 21.3. The van der Waals surface area contributed by atoms with Crippen LogP contribution in [0.3, 0.4) is 0 Å². The Hall–Kier alpha value is -2.49. The van der Waals surface area contributed by atoms with E-state index in [4.69, 9.17) is 9.84 Å². The fraction of sp³-hybridized carbons (Fsp3) is 0.429. The molecule has 8 nitrogen and oxygen atoms in total. The van der Waals surface area contributed by atoms with E-state index in [1.54, 1.807) is 0 Å². The van der Waals surface area contributed by atoms with Gasteiger partial charge in [0.25, 0.3) is 0 Å². The van der Waals surface area contributed by atoms with Crippen LogP contribution in [0, 0.1) is 0 Å². The molecule has 0 saturated carbocycles. The first-order chi connectivity index (χ1) is 14.3. The highest BCUT2D eigenvalue weighted by atomic mass is 32.2. The Bertz CT molecular complexity index is 1140. The molecule has 0 radical (unpaired) electrons. The molecule has 3 heterocycles. The van der Waals surface area contributed by atoms with Gasteiger partial charge in [0.05, 0.1) is 30.6 Å². The number of hydrogen-bond donors (Lipinski definition) is 0. The molecule has 0 bridgehead atoms. The van der Waals surface area contributed by atoms with Crippen LogP contribution in [0.5, 0.6) is 0 Å². The van der Waals surface area contributed by atoms with Gasteiger partial charge in [0, 0.05) is 25.5 Å². The number of nitrogens with zero attached hydrogens (tertiary/aromatic N) is 5. The molecule has 2 aromatic heterocycles. The van der Waals surface area contributed by atoms with Crippen molar-refractivity contribution < 1.29 is 13.2 Å². The number of hydrogen-bond acceptors (Lipinski definition) is 7. The molecule has 0 N–H and O–H groups in total. The largest absolute Gasteiger partial charge is 0.370 e. The molecular weight excluding hydrogens is 402 g/mol. The molecule has 9 heteroatoms. The molecule has 1 fully saturated rings. The van der Waals surface area contributed by atoms with Gasteiger partial charge in [-0.2, -0.15) is 0 Å². The highest BCUT2D eigenvalue weighted by molar-refractivity contribution is 7.89. The lowest BCUT2D eigenvalue weighted by Gasteiger charge is -2.33. The molecule has 1 aromatic carbocycles. The maximum atomic E-state index is 11.6. The van der Waals surface area contributed by atoms with E-state index in [1.165, 1.54) is 11.8 Å². The zero-order valence-electron chi connectivity index (χ0n) is 17.5. The molecule has 0 spiro atoms. The molecule has 160 valence electrons. The maximum absolute atomic E-state index is 11.6. The number of aromatic nitrogens is 3. The van der Waals surface area contributed by atoms with Crippen molar-refractivity contribution in [2.75, 3.05) is 44.9 Å². The minimum absolute atomic E-state index is 0.0277. The Morgan fingerprint density at radius 3 is 2.83 bits per heavy atom. The maximum Gasteiger partial charge on any atom is 0.243 e. The monoisotopic (exact) mass is 429 g/mol. The fourth-order valence-electron chi connectivity index (χ4n) is 3.77. The van der Waals surface area contributed by atoms with Gasteiger partial charge in [0.15, 0.2) is 9.84 Å². The third kappa shape index (κ3) is 4.97. The Kier molecular flexibility index (Phi) is 5.77. The van der Waals surface area contributed by atoms with Crippen molar-refractivity contribution in [3.8, 4) is 0 Å². The first kappa shape index (κ1) is 20.8. The van der Waals surface area contributed by atoms with E-state index in [1.807, 2.05) is 55.3 Å². The molecule has 0 amide bonds. The summed E-state index contributed by atoms with van der Waals surface area (Å²) in [7, 11) is 0.998. The van der Waals surface area contributed by atoms with Gasteiger partial charge in [-0.1, -0.05) is 24.3 Å². The molecule has 1 aliphatic heterocycles. The smallest absolute Gasteiger partial charge is 0.243 e. The predicted molar refractivity (Wildman–Crippen MR) is 116 cm³/mol. The summed E-state index contributed by atoms with van der Waals surface area (Å²) in [5.74, 6) is 0.690. The lowest BCUT2D eigenvalue weighted by molar-refractivity contribution is 0.0391. The summed E-state index contributed by atoms with van der Waals surface area (Å²) in [6.07, 6.45) is 4.97. The van der Waals surface area contributed by atoms with Crippen LogP contribution in [-0.2, 0) is 26.9 Å². The highest BCUT2D eigenvalue weighted by Gasteiger charge is 2.24. The van der Waals surface area contributed by atoms with Crippen LogP contribution in [0.2, 0.25) is 0 Å². The van der Waals surface area contributed by atoms with E-state index in [2.05, 4.69) is 20.9 Å². The summed E-state index contributed by atoms with van der Waals surface area (Å²) < 4.78 is 31.1. The molecule has 3 aromatic rings. The Morgan fingerprint density at radius 2 is 2.07 bits per heavy atom. The molecular formula is C21H27N5O3S. The lowest BCUT2D eigenvalue weighted by Crippen LogP contribution is -2.39. The quantitative estimate of drug-likeness (QED) is 0.592. The number of anilines is 1. The van der Waals surface area contributed by atoms with Gasteiger partial charge in [0.1, 0.15) is 6.10 Å². The summed E-state index contributed by atoms with van der Waals surface area (Å²) in [6.45, 7) is 2.72. The van der Waals surface area contributed by atoms with E-state index < -0.39 is 9.84 Å². The van der Waals surface area contributed by atoms with E-state index in [0.29, 0.717) is 25.6 Å². The number of morpholine rings is 1. The minimum atomic E-state index is -3.08. The second-order valence-electron chi connectivity index (χ2n) is 8.13. The minimum Gasteiger partial charge on any atom is -0.370 e. The van der Waals surface area contributed by atoms with Crippen molar-refractivity contribution in [1.29, 1.82) is 0 Å². The number of rotatable bonds is 6. The van der Waals surface area contributed by atoms with E-state index >= 15 is 0 Å². The van der Waals surface area contributed by atoms with Gasteiger partial charge >= 0.3 is 0 Å². The molecule has 1 atom stereocenters. The van der Waals surface area contributed by atoms with Crippen molar-refractivity contribution in [2.45, 2.75) is 18.4 Å². The lowest BCUT2D eigenvalue weighted by atomic mass is 10.1. The Labute approximate surface area is 177 Å². The summed E-state index contributed by atoms with van der Waals surface area (Å²) in [6, 6.07) is 9.70. The topological polar surface area (TPSA) is 80.0 Å². The van der Waals surface area contributed by atoms with E-state index in [9.17, 15) is 8.42 Å². The zero-order valence-corrected chi connectivity index (χ0v) is 18.3. The normalized spacial score (nSPS) is 17.7. The van der Waals surface area contributed by atoms with Crippen molar-refractivity contribution in [3.63, 3.8) is 0 Å². The van der Waals surface area contributed by atoms with Gasteiger partial charge in [-0.3, -0.25) is 0 Å². The number of sulfone groups is 1. The molecule has 1 saturated heterocycles. The van der Waals surface area contributed by atoms with Crippen LogP contribution in [0.4, 0.5) is 5.95 Å². The van der Waals surface area contributed by atoms with Crippen LogP contribution in [0.1, 0.15) is 22.8 Å². The van der Waals surface area contributed by atoms with Gasteiger partial charge in [-0.05, 0) is 36.9 Å². The number of benzene rings is 1. The first-order valence-electron chi connectivity index (χ1n) is 9.89. The highest BCUT2D eigenvalue weighted by Crippen LogP contribution is 2.25. The average molecular weight is 430 g/mol. The standard InChI is InChI=1S/C21H27N5O3S/c1-24(2)12-17-10-19-11-22-21(23-26(19)13-17)25-7-8-29-20(14-25)18-6-4-5-16(9-18)15-30(3,27)28/h4-6,9-11,13,20H,7-8,12,14-15H2,1-3H3. The van der Waals surface area contributed by atoms with Crippen LogP contribution < -0.4 is 4.90 Å². The third-order valence-electron chi connectivity index (χ3n) is 5.00. The van der Waals surface area contributed by atoms with Crippen molar-refractivity contribution in [1.82, 2.24) is 19.5 Å². The second kappa shape index (κ2) is 8.33. The van der Waals surface area contributed by atoms with E-state index in [-0.39, 0.29) is 11.9 Å². The van der Waals surface area contributed by atoms with Crippen LogP contribution in [0.15, 0.2) is 42.7 Å². The molecule has 1 unspecified atom stereocenters. The summed E-state index contributed by atoms with van der Waals surface area (Å²) in [5, 5.41) is 4.70. The van der Waals surface area contributed by atoms with Gasteiger partial charge < -0.3 is 14.5 Å². The Morgan fingerprint density at radius 1 is 1.23 bits per heavy atom. The Balaban J connectivity index is 1.53. The fourth-order valence-corrected chi connectivity index (χ4v) is 4.55. The van der Waals surface area contributed by atoms with Gasteiger partial charge in [-0.15, -0.1) is 5.10 Å². The molecule has 1 aliphatic rings. The van der Waals surface area contributed by atoms with E-state index in [0.717, 1.165) is 23.2 Å². The van der Waals surface area contributed by atoms with Crippen LogP contribution in [0.25, 0.3) is 5.52 Å². The summed E-state index contributed by atoms with van der Waals surface area (Å²) in [5.41, 5.74) is 3.90. The predicted octanol–water partition coefficient (Wildman–Crippen LogP) is 1.91. The molecule has 0 aliphatic carbocycles. The average Bonchev–Trinajstić information content (AvgIpc) is 3.07. The number of ether oxygens (including phenoxy) is 1. The van der Waals surface area contributed by atoms with Crippen LogP contribution in [-0.4, -0.2) is 68.0 Å². The van der Waals surface area contributed by atoms with Gasteiger partial charge in [0.2, 0.25) is 5.95 Å².